The van der Waals surface area contributed by atoms with Crippen LogP contribution in [0.2, 0.25) is 0 Å². The van der Waals surface area contributed by atoms with Gasteiger partial charge in [0, 0.05) is 36.5 Å². The summed E-state index contributed by atoms with van der Waals surface area (Å²) < 4.78 is 23.1. The molecule has 0 radical (unpaired) electrons. The average molecular weight is 399 g/mol. The van der Waals surface area contributed by atoms with Crippen molar-refractivity contribution in [3.63, 3.8) is 0 Å². The molecule has 2 N–H and O–H groups in total. The highest BCUT2D eigenvalue weighted by Crippen LogP contribution is 2.21. The number of anilines is 1. The fourth-order valence-electron chi connectivity index (χ4n) is 3.96. The number of nitrogens with zero attached hydrogens (tertiary/aromatic N) is 2. The van der Waals surface area contributed by atoms with Gasteiger partial charge in [-0.05, 0) is 48.7 Å². The quantitative estimate of drug-likeness (QED) is 0.667. The van der Waals surface area contributed by atoms with E-state index in [0.717, 1.165) is 54.6 Å². The van der Waals surface area contributed by atoms with E-state index >= 15 is 0 Å². The van der Waals surface area contributed by atoms with E-state index in [9.17, 15) is 8.42 Å². The predicted octanol–water partition coefficient (Wildman–Crippen LogP) is 3.18. The second-order valence-corrected chi connectivity index (χ2v) is 9.92. The van der Waals surface area contributed by atoms with Gasteiger partial charge in [0.25, 0.3) is 0 Å². The Morgan fingerprint density at radius 3 is 2.93 bits per heavy atom. The van der Waals surface area contributed by atoms with E-state index in [1.807, 2.05) is 24.4 Å². The third-order valence-electron chi connectivity index (χ3n) is 5.14. The molecule has 7 heteroatoms. The number of piperidine rings is 1. The lowest BCUT2D eigenvalue weighted by atomic mass is 10.0. The monoisotopic (exact) mass is 398 g/mol. The number of rotatable bonds is 6. The lowest BCUT2D eigenvalue weighted by Crippen LogP contribution is -2.41. The Hall–Kier alpha value is -2.38. The van der Waals surface area contributed by atoms with Gasteiger partial charge < -0.3 is 5.32 Å². The molecule has 1 saturated heterocycles. The van der Waals surface area contributed by atoms with E-state index < -0.39 is 9.84 Å². The Morgan fingerprint density at radius 2 is 2.07 bits per heavy atom. The first kappa shape index (κ1) is 19.0. The minimum absolute atomic E-state index is 0.0987. The van der Waals surface area contributed by atoms with Gasteiger partial charge >= 0.3 is 0 Å². The maximum Gasteiger partial charge on any atom is 0.151 e. The highest BCUT2D eigenvalue weighted by atomic mass is 32.2. The van der Waals surface area contributed by atoms with Crippen molar-refractivity contribution in [2.45, 2.75) is 31.2 Å². The summed E-state index contributed by atoms with van der Waals surface area (Å²) in [7, 11) is -3.01. The summed E-state index contributed by atoms with van der Waals surface area (Å²) in [6.45, 7) is 2.88. The molecular formula is C21H26N4O2S. The summed E-state index contributed by atoms with van der Waals surface area (Å²) in [6, 6.07) is 14.6. The zero-order valence-corrected chi connectivity index (χ0v) is 16.9. The number of nitrogens with one attached hydrogen (secondary N) is 2. The summed E-state index contributed by atoms with van der Waals surface area (Å²) >= 11 is 0. The van der Waals surface area contributed by atoms with Crippen LogP contribution in [0.25, 0.3) is 10.9 Å². The van der Waals surface area contributed by atoms with Crippen molar-refractivity contribution < 1.29 is 8.42 Å². The summed E-state index contributed by atoms with van der Waals surface area (Å²) in [4.78, 5) is 2.44. The third kappa shape index (κ3) is 4.91. The summed E-state index contributed by atoms with van der Waals surface area (Å²) in [5, 5.41) is 11.8. The van der Waals surface area contributed by atoms with Gasteiger partial charge in [0.2, 0.25) is 0 Å². The van der Waals surface area contributed by atoms with E-state index in [-0.39, 0.29) is 5.75 Å². The Morgan fingerprint density at radius 1 is 1.21 bits per heavy atom. The van der Waals surface area contributed by atoms with Crippen LogP contribution in [0.1, 0.15) is 24.0 Å². The van der Waals surface area contributed by atoms with Crippen LogP contribution < -0.4 is 5.32 Å². The number of benzene rings is 2. The van der Waals surface area contributed by atoms with Gasteiger partial charge in [-0.25, -0.2) is 8.42 Å². The fourth-order valence-corrected chi connectivity index (χ4v) is 4.75. The molecule has 1 aliphatic heterocycles. The first-order chi connectivity index (χ1) is 13.4. The van der Waals surface area contributed by atoms with E-state index in [2.05, 4.69) is 44.7 Å². The van der Waals surface area contributed by atoms with E-state index in [1.165, 1.54) is 11.8 Å². The molecule has 28 heavy (non-hydrogen) atoms. The van der Waals surface area contributed by atoms with Crippen LogP contribution in [0.3, 0.4) is 0 Å². The zero-order valence-electron chi connectivity index (χ0n) is 16.1. The van der Waals surface area contributed by atoms with Crippen molar-refractivity contribution >= 4 is 26.4 Å². The molecule has 148 valence electrons. The number of aromatic nitrogens is 2. The van der Waals surface area contributed by atoms with Crippen LogP contribution in [-0.4, -0.2) is 48.9 Å². The number of aromatic amines is 1. The zero-order chi connectivity index (χ0) is 19.6. The van der Waals surface area contributed by atoms with Gasteiger partial charge in [0.1, 0.15) is 0 Å². The van der Waals surface area contributed by atoms with E-state index in [4.69, 9.17) is 0 Å². The van der Waals surface area contributed by atoms with Crippen molar-refractivity contribution in [1.82, 2.24) is 15.1 Å². The molecule has 1 fully saturated rings. The molecular weight excluding hydrogens is 372 g/mol. The number of hydrogen-bond acceptors (Lipinski definition) is 5. The first-order valence-corrected chi connectivity index (χ1v) is 11.7. The predicted molar refractivity (Wildman–Crippen MR) is 113 cm³/mol. The Bertz CT molecular complexity index is 1060. The van der Waals surface area contributed by atoms with Crippen LogP contribution in [0.5, 0.6) is 0 Å². The van der Waals surface area contributed by atoms with Crippen molar-refractivity contribution in [2.24, 2.45) is 0 Å². The van der Waals surface area contributed by atoms with Crippen molar-refractivity contribution in [3.8, 4) is 0 Å². The number of H-pyrrole nitrogens is 1. The van der Waals surface area contributed by atoms with Gasteiger partial charge in [-0.15, -0.1) is 0 Å². The smallest absolute Gasteiger partial charge is 0.151 e. The van der Waals surface area contributed by atoms with Gasteiger partial charge in [-0.2, -0.15) is 5.10 Å². The largest absolute Gasteiger partial charge is 0.381 e. The third-order valence-corrected chi connectivity index (χ3v) is 6.00. The second-order valence-electron chi connectivity index (χ2n) is 7.78. The normalized spacial score (nSPS) is 18.4. The number of hydrogen-bond donors (Lipinski definition) is 2. The first-order valence-electron chi connectivity index (χ1n) is 9.62. The van der Waals surface area contributed by atoms with Gasteiger partial charge in [0.15, 0.2) is 9.84 Å². The molecule has 1 aliphatic rings. The molecule has 0 amide bonds. The molecule has 6 nitrogen and oxygen atoms in total. The highest BCUT2D eigenvalue weighted by molar-refractivity contribution is 7.89. The molecule has 2 aromatic carbocycles. The van der Waals surface area contributed by atoms with Crippen LogP contribution >= 0.6 is 0 Å². The molecule has 1 aromatic heterocycles. The van der Waals surface area contributed by atoms with Gasteiger partial charge in [-0.1, -0.05) is 24.3 Å². The van der Waals surface area contributed by atoms with Crippen molar-refractivity contribution in [3.05, 3.63) is 59.8 Å². The maximum absolute atomic E-state index is 11.6. The van der Waals surface area contributed by atoms with Crippen LogP contribution in [0.4, 0.5) is 5.69 Å². The minimum atomic E-state index is -3.01. The Balaban J connectivity index is 1.39. The Labute approximate surface area is 165 Å². The maximum atomic E-state index is 11.6. The molecule has 0 aliphatic carbocycles. The average Bonchev–Trinajstić information content (AvgIpc) is 3.09. The summed E-state index contributed by atoms with van der Waals surface area (Å²) in [5.74, 6) is 0.0987. The molecule has 0 unspecified atom stereocenters. The Kier molecular flexibility index (Phi) is 5.37. The molecule has 2 heterocycles. The molecule has 3 aromatic rings. The highest BCUT2D eigenvalue weighted by Gasteiger charge is 2.20. The minimum Gasteiger partial charge on any atom is -0.381 e. The van der Waals surface area contributed by atoms with Crippen LogP contribution in [0, 0.1) is 0 Å². The SMILES string of the molecule is CS(=O)(=O)Cc1cccc(CN2CCC[C@H](Nc3ccc4[nH]ncc4c3)C2)c1. The molecule has 0 spiro atoms. The van der Waals surface area contributed by atoms with E-state index in [0.29, 0.717) is 6.04 Å². The van der Waals surface area contributed by atoms with E-state index in [1.54, 1.807) is 0 Å². The lowest BCUT2D eigenvalue weighted by Gasteiger charge is -2.33. The number of likely N-dealkylation sites (tertiary alicyclic amines) is 1. The van der Waals surface area contributed by atoms with Crippen LogP contribution in [0.15, 0.2) is 48.7 Å². The number of sulfone groups is 1. The molecule has 0 bridgehead atoms. The summed E-state index contributed by atoms with van der Waals surface area (Å²) in [5.41, 5.74) is 4.20. The van der Waals surface area contributed by atoms with Crippen molar-refractivity contribution in [2.75, 3.05) is 24.7 Å². The lowest BCUT2D eigenvalue weighted by molar-refractivity contribution is 0.208. The second kappa shape index (κ2) is 7.93. The summed E-state index contributed by atoms with van der Waals surface area (Å²) in [6.07, 6.45) is 5.42. The van der Waals surface area contributed by atoms with Gasteiger partial charge in [-0.3, -0.25) is 10.00 Å². The van der Waals surface area contributed by atoms with Crippen molar-refractivity contribution in [1.29, 1.82) is 0 Å². The van der Waals surface area contributed by atoms with Gasteiger partial charge in [0.05, 0.1) is 17.5 Å². The number of fused-ring (bicyclic) bond motifs is 1. The molecule has 1 atom stereocenters. The standard InChI is InChI=1S/C21H26N4O2S/c1-28(26,27)15-17-5-2-4-16(10-17)13-25-9-3-6-20(14-25)23-19-7-8-21-18(11-19)12-22-24-21/h2,4-5,7-8,10-12,20,23H,3,6,9,13-15H2,1H3,(H,22,24)/t20-/m0/s1. The molecule has 4 rings (SSSR count). The fraction of sp³-hybridized carbons (Fsp3) is 0.381. The molecule has 0 saturated carbocycles. The van der Waals surface area contributed by atoms with Crippen LogP contribution in [-0.2, 0) is 22.1 Å². The topological polar surface area (TPSA) is 78.1 Å².